The van der Waals surface area contributed by atoms with E-state index in [0.29, 0.717) is 0 Å². The van der Waals surface area contributed by atoms with Gasteiger partial charge in [-0.05, 0) is 13.8 Å². The predicted octanol–water partition coefficient (Wildman–Crippen LogP) is 1.59. The van der Waals surface area contributed by atoms with Crippen molar-refractivity contribution in [2.75, 3.05) is 0 Å². The lowest BCUT2D eigenvalue weighted by molar-refractivity contribution is -0.157. The van der Waals surface area contributed by atoms with E-state index in [9.17, 15) is 28.8 Å². The molecule has 2 aliphatic heterocycles. The van der Waals surface area contributed by atoms with Crippen LogP contribution in [0.25, 0.3) is 0 Å². The first kappa shape index (κ1) is 21.3. The zero-order valence-electron chi connectivity index (χ0n) is 17.2. The van der Waals surface area contributed by atoms with Crippen LogP contribution in [0, 0.1) is 25.7 Å². The number of carbonyl (C=O) groups is 6. The zero-order chi connectivity index (χ0) is 23.2. The molecular formula is C24H18O8. The predicted molar refractivity (Wildman–Crippen MR) is 108 cm³/mol. The fourth-order valence-corrected chi connectivity index (χ4v) is 3.90. The Balaban J connectivity index is 1.71. The lowest BCUT2D eigenvalue weighted by atomic mass is 9.81. The summed E-state index contributed by atoms with van der Waals surface area (Å²) in [5.41, 5.74) is 2.05. The summed E-state index contributed by atoms with van der Waals surface area (Å²) >= 11 is 0. The molecule has 4 atom stereocenters. The lowest BCUT2D eigenvalue weighted by Crippen LogP contribution is -2.44. The number of carbonyl (C=O) groups excluding carboxylic acids is 6. The molecule has 8 heteroatoms. The van der Waals surface area contributed by atoms with Crippen LogP contribution in [0.1, 0.15) is 31.8 Å². The van der Waals surface area contributed by atoms with Gasteiger partial charge in [0, 0.05) is 11.1 Å². The first-order valence-corrected chi connectivity index (χ1v) is 9.90. The average Bonchev–Trinajstić information content (AvgIpc) is 3.23. The fraction of sp³-hybridized carbons (Fsp3) is 0.250. The summed E-state index contributed by atoms with van der Waals surface area (Å²) in [4.78, 5) is 75.2. The summed E-state index contributed by atoms with van der Waals surface area (Å²) in [7, 11) is 0. The number of rotatable bonds is 5. The molecule has 2 aromatic rings. The number of benzene rings is 2. The Bertz CT molecular complexity index is 1070. The van der Waals surface area contributed by atoms with Crippen LogP contribution < -0.4 is 0 Å². The third-order valence-electron chi connectivity index (χ3n) is 5.67. The summed E-state index contributed by atoms with van der Waals surface area (Å²) in [6.45, 7) is 3.63. The van der Waals surface area contributed by atoms with E-state index >= 15 is 0 Å². The van der Waals surface area contributed by atoms with Gasteiger partial charge in [0.25, 0.3) is 11.6 Å². The molecule has 2 aromatic carbocycles. The molecule has 0 aliphatic carbocycles. The molecule has 2 heterocycles. The summed E-state index contributed by atoms with van der Waals surface area (Å²) in [6.07, 6.45) is -3.17. The summed E-state index contributed by atoms with van der Waals surface area (Å²) < 4.78 is 10.2. The van der Waals surface area contributed by atoms with Crippen molar-refractivity contribution < 1.29 is 38.2 Å². The molecule has 0 saturated carbocycles. The number of esters is 2. The molecule has 2 aliphatic rings. The number of ketones is 4. The third kappa shape index (κ3) is 3.53. The fourth-order valence-electron chi connectivity index (χ4n) is 3.90. The highest BCUT2D eigenvalue weighted by molar-refractivity contribution is 6.43. The van der Waals surface area contributed by atoms with Crippen LogP contribution in [0.15, 0.2) is 48.5 Å². The average molecular weight is 434 g/mol. The second-order valence-electron chi connectivity index (χ2n) is 7.88. The molecule has 2 fully saturated rings. The Morgan fingerprint density at radius 2 is 0.906 bits per heavy atom. The zero-order valence-corrected chi connectivity index (χ0v) is 17.2. The quantitative estimate of drug-likeness (QED) is 0.301. The number of aryl methyl sites for hydroxylation is 2. The van der Waals surface area contributed by atoms with Gasteiger partial charge in [0.2, 0.25) is 0 Å². The van der Waals surface area contributed by atoms with Crippen molar-refractivity contribution in [1.82, 2.24) is 0 Å². The molecule has 0 radical (unpaired) electrons. The largest absolute Gasteiger partial charge is 0.451 e. The van der Waals surface area contributed by atoms with Crippen molar-refractivity contribution >= 4 is 35.1 Å². The topological polar surface area (TPSA) is 121 Å². The number of cyclic esters (lactones) is 2. The molecule has 32 heavy (non-hydrogen) atoms. The molecule has 0 unspecified atom stereocenters. The third-order valence-corrected chi connectivity index (χ3v) is 5.67. The van der Waals surface area contributed by atoms with Crippen LogP contribution in [0.4, 0.5) is 0 Å². The Kier molecular flexibility index (Phi) is 5.30. The summed E-state index contributed by atoms with van der Waals surface area (Å²) in [5, 5.41) is 0. The molecule has 4 rings (SSSR count). The second kappa shape index (κ2) is 7.96. The lowest BCUT2D eigenvalue weighted by Gasteiger charge is -2.24. The van der Waals surface area contributed by atoms with Crippen LogP contribution in [-0.2, 0) is 28.7 Å². The van der Waals surface area contributed by atoms with Gasteiger partial charge in [-0.15, -0.1) is 0 Å². The summed E-state index contributed by atoms with van der Waals surface area (Å²) in [5.74, 6) is -9.50. The highest BCUT2D eigenvalue weighted by atomic mass is 16.6. The van der Waals surface area contributed by atoms with Gasteiger partial charge in [-0.2, -0.15) is 0 Å². The van der Waals surface area contributed by atoms with E-state index in [1.807, 2.05) is 13.8 Å². The highest BCUT2D eigenvalue weighted by Gasteiger charge is 2.60. The highest BCUT2D eigenvalue weighted by Crippen LogP contribution is 2.35. The molecule has 2 saturated heterocycles. The van der Waals surface area contributed by atoms with E-state index in [2.05, 4.69) is 0 Å². The van der Waals surface area contributed by atoms with Gasteiger partial charge in [0.05, 0.1) is 0 Å². The van der Waals surface area contributed by atoms with Crippen molar-refractivity contribution in [2.45, 2.75) is 26.1 Å². The second-order valence-corrected chi connectivity index (χ2v) is 7.88. The minimum Gasteiger partial charge on any atom is -0.451 e. The molecule has 8 nitrogen and oxygen atoms in total. The number of hydrogen-bond donors (Lipinski definition) is 0. The molecule has 0 spiro atoms. The Morgan fingerprint density at radius 1 is 0.594 bits per heavy atom. The molecule has 0 bridgehead atoms. The maximum Gasteiger partial charge on any atom is 0.376 e. The van der Waals surface area contributed by atoms with Gasteiger partial charge in [-0.25, -0.2) is 9.59 Å². The smallest absolute Gasteiger partial charge is 0.376 e. The van der Waals surface area contributed by atoms with Gasteiger partial charge in [0.15, 0.2) is 23.8 Å². The molecule has 0 N–H and O–H groups in total. The van der Waals surface area contributed by atoms with Gasteiger partial charge in [-0.3, -0.25) is 19.2 Å². The van der Waals surface area contributed by atoms with E-state index in [1.165, 1.54) is 24.3 Å². The Labute approximate surface area is 182 Å². The van der Waals surface area contributed by atoms with Crippen LogP contribution in [0.5, 0.6) is 0 Å². The van der Waals surface area contributed by atoms with E-state index in [0.717, 1.165) is 11.1 Å². The molecule has 0 amide bonds. The summed E-state index contributed by atoms with van der Waals surface area (Å²) in [6, 6.07) is 12.6. The molecular weight excluding hydrogens is 416 g/mol. The maximum atomic E-state index is 13.1. The van der Waals surface area contributed by atoms with Crippen molar-refractivity contribution in [1.29, 1.82) is 0 Å². The van der Waals surface area contributed by atoms with Gasteiger partial charge in [-0.1, -0.05) is 59.7 Å². The van der Waals surface area contributed by atoms with Crippen LogP contribution in [0.3, 0.4) is 0 Å². The molecule has 0 aromatic heterocycles. The number of ether oxygens (including phenoxy) is 2. The normalized spacial score (nSPS) is 24.9. The van der Waals surface area contributed by atoms with Crippen LogP contribution >= 0.6 is 0 Å². The minimum absolute atomic E-state index is 0.148. The van der Waals surface area contributed by atoms with Gasteiger partial charge < -0.3 is 9.47 Å². The van der Waals surface area contributed by atoms with Crippen molar-refractivity contribution in [2.24, 2.45) is 11.8 Å². The van der Waals surface area contributed by atoms with Crippen molar-refractivity contribution in [3.05, 3.63) is 70.8 Å². The van der Waals surface area contributed by atoms with Crippen molar-refractivity contribution in [3.8, 4) is 0 Å². The van der Waals surface area contributed by atoms with Crippen LogP contribution in [-0.4, -0.2) is 47.3 Å². The van der Waals surface area contributed by atoms with Crippen molar-refractivity contribution in [3.63, 3.8) is 0 Å². The van der Waals surface area contributed by atoms with E-state index in [4.69, 9.17) is 9.47 Å². The van der Waals surface area contributed by atoms with E-state index in [1.54, 1.807) is 24.3 Å². The van der Waals surface area contributed by atoms with E-state index < -0.39 is 59.1 Å². The Morgan fingerprint density at radius 3 is 1.22 bits per heavy atom. The Hall–Kier alpha value is -3.94. The SMILES string of the molecule is Cc1ccc(C(=O)[C@@H]2C(=O)C(=O)O[C@@H]2[C@H]2OC(=O)C(=O)[C@H]2C(=O)c2ccc(C)cc2)cc1. The molecule has 162 valence electrons. The number of hydrogen-bond acceptors (Lipinski definition) is 8. The van der Waals surface area contributed by atoms with Gasteiger partial charge >= 0.3 is 11.9 Å². The first-order chi connectivity index (χ1) is 15.2. The minimum atomic E-state index is -1.64. The standard InChI is InChI=1S/C24H18O8/c1-11-3-7-13(8-4-11)17(25)15-19(27)23(29)31-21(15)22-16(20(28)24(30)32-22)18(26)14-9-5-12(2)6-10-14/h3-10,15-16,21-22H,1-2H3/t15-,16-,21+,22+/m1/s1. The van der Waals surface area contributed by atoms with Gasteiger partial charge in [0.1, 0.15) is 11.8 Å². The van der Waals surface area contributed by atoms with E-state index in [-0.39, 0.29) is 11.1 Å². The van der Waals surface area contributed by atoms with Crippen LogP contribution in [0.2, 0.25) is 0 Å². The maximum absolute atomic E-state index is 13.1. The first-order valence-electron chi connectivity index (χ1n) is 9.90. The monoisotopic (exact) mass is 434 g/mol. The number of Topliss-reactive ketones (excluding diaryl/α,β-unsaturated/α-hetero) is 4.